The summed E-state index contributed by atoms with van der Waals surface area (Å²) in [4.78, 5) is 10.4. The van der Waals surface area contributed by atoms with Gasteiger partial charge in [-0.15, -0.1) is 12.3 Å². The van der Waals surface area contributed by atoms with Crippen LogP contribution in [-0.4, -0.2) is 12.9 Å². The summed E-state index contributed by atoms with van der Waals surface area (Å²) in [7, 11) is 0. The smallest absolute Gasteiger partial charge is 0.150 e. The van der Waals surface area contributed by atoms with Crippen LogP contribution in [0.3, 0.4) is 0 Å². The lowest BCUT2D eigenvalue weighted by Crippen LogP contribution is -1.96. The van der Waals surface area contributed by atoms with Gasteiger partial charge in [-0.1, -0.05) is 0 Å². The number of carbonyl (C=O) groups is 1. The molecule has 0 saturated carbocycles. The standard InChI is InChI=1S/C12H12O2/c1-2-3-4-9-14-12-7-5-11(10-13)6-8-12/h1,5-8,10H,3-4,9H2. The van der Waals surface area contributed by atoms with Crippen LogP contribution in [0.1, 0.15) is 23.2 Å². The number of ether oxygens (including phenoxy) is 1. The number of hydrogen-bond acceptors (Lipinski definition) is 2. The molecule has 1 rings (SSSR count). The van der Waals surface area contributed by atoms with Crippen molar-refractivity contribution < 1.29 is 9.53 Å². The van der Waals surface area contributed by atoms with E-state index in [0.717, 1.165) is 24.9 Å². The predicted octanol–water partition coefficient (Wildman–Crippen LogP) is 2.29. The fourth-order valence-corrected chi connectivity index (χ4v) is 1.01. The van der Waals surface area contributed by atoms with E-state index < -0.39 is 0 Å². The summed E-state index contributed by atoms with van der Waals surface area (Å²) in [6, 6.07) is 7.01. The molecule has 0 unspecified atom stereocenters. The normalized spacial score (nSPS) is 9.07. The van der Waals surface area contributed by atoms with E-state index in [1.165, 1.54) is 0 Å². The average Bonchev–Trinajstić information content (AvgIpc) is 2.25. The average molecular weight is 188 g/mol. The van der Waals surface area contributed by atoms with Crippen molar-refractivity contribution in [3.63, 3.8) is 0 Å². The molecule has 0 aliphatic heterocycles. The van der Waals surface area contributed by atoms with E-state index in [4.69, 9.17) is 11.2 Å². The Morgan fingerprint density at radius 3 is 2.64 bits per heavy atom. The second kappa shape index (κ2) is 5.82. The van der Waals surface area contributed by atoms with E-state index in [2.05, 4.69) is 5.92 Å². The van der Waals surface area contributed by atoms with Crippen molar-refractivity contribution in [2.45, 2.75) is 12.8 Å². The van der Waals surface area contributed by atoms with Crippen molar-refractivity contribution in [3.05, 3.63) is 29.8 Å². The first-order valence-electron chi connectivity index (χ1n) is 4.48. The first-order valence-corrected chi connectivity index (χ1v) is 4.48. The van der Waals surface area contributed by atoms with Gasteiger partial charge in [-0.25, -0.2) is 0 Å². The Kier molecular flexibility index (Phi) is 4.30. The maximum Gasteiger partial charge on any atom is 0.150 e. The molecular formula is C12H12O2. The van der Waals surface area contributed by atoms with Gasteiger partial charge in [0.05, 0.1) is 6.61 Å². The Hall–Kier alpha value is -1.75. The van der Waals surface area contributed by atoms with Gasteiger partial charge < -0.3 is 4.74 Å². The Bertz CT molecular complexity index is 319. The van der Waals surface area contributed by atoms with Crippen molar-refractivity contribution >= 4 is 6.29 Å². The number of benzene rings is 1. The Balaban J connectivity index is 2.37. The van der Waals surface area contributed by atoms with Gasteiger partial charge in [-0.2, -0.15) is 0 Å². The van der Waals surface area contributed by atoms with Crippen molar-refractivity contribution in [1.82, 2.24) is 0 Å². The zero-order valence-corrected chi connectivity index (χ0v) is 7.90. The highest BCUT2D eigenvalue weighted by Crippen LogP contribution is 2.11. The maximum atomic E-state index is 10.4. The molecule has 14 heavy (non-hydrogen) atoms. The Morgan fingerprint density at radius 1 is 1.36 bits per heavy atom. The van der Waals surface area contributed by atoms with Crippen LogP contribution >= 0.6 is 0 Å². The summed E-state index contributed by atoms with van der Waals surface area (Å²) in [6.45, 7) is 0.616. The highest BCUT2D eigenvalue weighted by Gasteiger charge is 1.93. The molecule has 2 heteroatoms. The molecule has 0 aliphatic carbocycles. The summed E-state index contributed by atoms with van der Waals surface area (Å²) < 4.78 is 5.40. The highest BCUT2D eigenvalue weighted by atomic mass is 16.5. The SMILES string of the molecule is C#CCCCOc1ccc(C=O)cc1. The van der Waals surface area contributed by atoms with Crippen molar-refractivity contribution in [2.75, 3.05) is 6.61 Å². The van der Waals surface area contributed by atoms with E-state index in [0.29, 0.717) is 12.2 Å². The van der Waals surface area contributed by atoms with Gasteiger partial charge in [0.1, 0.15) is 12.0 Å². The van der Waals surface area contributed by atoms with Crippen LogP contribution in [0, 0.1) is 12.3 Å². The maximum absolute atomic E-state index is 10.4. The minimum absolute atomic E-state index is 0.616. The van der Waals surface area contributed by atoms with Crippen LogP contribution in [0.5, 0.6) is 5.75 Å². The Labute approximate surface area is 83.9 Å². The minimum atomic E-state index is 0.616. The van der Waals surface area contributed by atoms with Gasteiger partial charge in [-0.05, 0) is 30.7 Å². The van der Waals surface area contributed by atoms with E-state index in [1.807, 2.05) is 0 Å². The van der Waals surface area contributed by atoms with Gasteiger partial charge in [0, 0.05) is 12.0 Å². The lowest BCUT2D eigenvalue weighted by Gasteiger charge is -2.04. The molecule has 0 aromatic heterocycles. The monoisotopic (exact) mass is 188 g/mol. The molecule has 0 radical (unpaired) electrons. The van der Waals surface area contributed by atoms with Crippen LogP contribution in [0.25, 0.3) is 0 Å². The molecule has 0 N–H and O–H groups in total. The van der Waals surface area contributed by atoms with E-state index in [9.17, 15) is 4.79 Å². The van der Waals surface area contributed by atoms with E-state index in [1.54, 1.807) is 24.3 Å². The summed E-state index contributed by atoms with van der Waals surface area (Å²) in [5.41, 5.74) is 0.654. The van der Waals surface area contributed by atoms with Gasteiger partial charge in [-0.3, -0.25) is 4.79 Å². The molecule has 0 spiro atoms. The molecule has 0 heterocycles. The minimum Gasteiger partial charge on any atom is -0.494 e. The Morgan fingerprint density at radius 2 is 2.07 bits per heavy atom. The number of hydrogen-bond donors (Lipinski definition) is 0. The fourth-order valence-electron chi connectivity index (χ4n) is 1.01. The topological polar surface area (TPSA) is 26.3 Å². The number of carbonyl (C=O) groups excluding carboxylic acids is 1. The first kappa shape index (κ1) is 10.3. The molecule has 72 valence electrons. The number of aldehydes is 1. The van der Waals surface area contributed by atoms with Gasteiger partial charge >= 0.3 is 0 Å². The third-order valence-corrected chi connectivity index (χ3v) is 1.75. The van der Waals surface area contributed by atoms with Crippen molar-refractivity contribution in [1.29, 1.82) is 0 Å². The summed E-state index contributed by atoms with van der Waals surface area (Å²) in [5.74, 6) is 3.32. The van der Waals surface area contributed by atoms with Crippen LogP contribution in [0.2, 0.25) is 0 Å². The summed E-state index contributed by atoms with van der Waals surface area (Å²) >= 11 is 0. The van der Waals surface area contributed by atoms with Crippen molar-refractivity contribution in [2.24, 2.45) is 0 Å². The molecule has 1 aromatic carbocycles. The molecule has 0 bridgehead atoms. The largest absolute Gasteiger partial charge is 0.494 e. The molecular weight excluding hydrogens is 176 g/mol. The van der Waals surface area contributed by atoms with Crippen LogP contribution in [-0.2, 0) is 0 Å². The molecule has 0 amide bonds. The molecule has 0 aliphatic rings. The molecule has 0 atom stereocenters. The number of unbranched alkanes of at least 4 members (excludes halogenated alkanes) is 1. The van der Waals surface area contributed by atoms with Gasteiger partial charge in [0.2, 0.25) is 0 Å². The van der Waals surface area contributed by atoms with Crippen LogP contribution < -0.4 is 4.74 Å². The molecule has 0 saturated heterocycles. The third-order valence-electron chi connectivity index (χ3n) is 1.75. The number of rotatable bonds is 5. The van der Waals surface area contributed by atoms with E-state index in [-0.39, 0.29) is 0 Å². The predicted molar refractivity (Wildman–Crippen MR) is 55.4 cm³/mol. The first-order chi connectivity index (χ1) is 6.86. The zero-order chi connectivity index (χ0) is 10.2. The van der Waals surface area contributed by atoms with Crippen LogP contribution in [0.4, 0.5) is 0 Å². The molecule has 1 aromatic rings. The van der Waals surface area contributed by atoms with E-state index >= 15 is 0 Å². The fraction of sp³-hybridized carbons (Fsp3) is 0.250. The molecule has 0 fully saturated rings. The lowest BCUT2D eigenvalue weighted by molar-refractivity contribution is 0.112. The zero-order valence-electron chi connectivity index (χ0n) is 7.90. The second-order valence-corrected chi connectivity index (χ2v) is 2.84. The number of terminal acetylenes is 1. The quantitative estimate of drug-likeness (QED) is 0.402. The third kappa shape index (κ3) is 3.32. The van der Waals surface area contributed by atoms with Gasteiger partial charge in [0.15, 0.2) is 0 Å². The summed E-state index contributed by atoms with van der Waals surface area (Å²) in [5, 5.41) is 0. The van der Waals surface area contributed by atoms with Gasteiger partial charge in [0.25, 0.3) is 0 Å². The molecule has 2 nitrogen and oxygen atoms in total. The summed E-state index contributed by atoms with van der Waals surface area (Å²) in [6.07, 6.45) is 7.49. The second-order valence-electron chi connectivity index (χ2n) is 2.84. The van der Waals surface area contributed by atoms with Crippen molar-refractivity contribution in [3.8, 4) is 18.1 Å². The lowest BCUT2D eigenvalue weighted by atomic mass is 10.2. The highest BCUT2D eigenvalue weighted by molar-refractivity contribution is 5.74. The van der Waals surface area contributed by atoms with Crippen LogP contribution in [0.15, 0.2) is 24.3 Å².